The molecular weight excluding hydrogens is 333 g/mol. The Balaban J connectivity index is 2.25. The predicted octanol–water partition coefficient (Wildman–Crippen LogP) is 5.89. The second-order valence-corrected chi connectivity index (χ2v) is 7.06. The number of rotatable bonds is 2. The number of aryl methyl sites for hydroxylation is 2. The highest BCUT2D eigenvalue weighted by atomic mass is 32.1. The van der Waals surface area contributed by atoms with Gasteiger partial charge in [-0.25, -0.2) is 0 Å². The molecule has 0 radical (unpaired) electrons. The van der Waals surface area contributed by atoms with Gasteiger partial charge in [0, 0.05) is 21.9 Å². The van der Waals surface area contributed by atoms with Crippen LogP contribution in [0.25, 0.3) is 5.57 Å². The van der Waals surface area contributed by atoms with Crippen molar-refractivity contribution in [3.8, 4) is 0 Å². The molecule has 2 aromatic rings. The number of hydrogen-bond acceptors (Lipinski definition) is 2. The van der Waals surface area contributed by atoms with Crippen molar-refractivity contribution < 1.29 is 13.2 Å². The average molecular weight is 350 g/mol. The molecule has 0 bridgehead atoms. The summed E-state index contributed by atoms with van der Waals surface area (Å²) in [7, 11) is 0. The monoisotopic (exact) mass is 350 g/mol. The maximum atomic E-state index is 13.0. The minimum Gasteiger partial charge on any atom is -0.358 e. The predicted molar refractivity (Wildman–Crippen MR) is 92.5 cm³/mol. The van der Waals surface area contributed by atoms with Crippen molar-refractivity contribution in [2.75, 3.05) is 0 Å². The number of aromatic amines is 1. The van der Waals surface area contributed by atoms with Gasteiger partial charge in [-0.1, -0.05) is 0 Å². The first-order valence-corrected chi connectivity index (χ1v) is 8.30. The number of aliphatic imine (C=N–C) groups is 1. The number of alkyl halides is 3. The Morgan fingerprint density at radius 2 is 1.83 bits per heavy atom. The van der Waals surface area contributed by atoms with E-state index >= 15 is 0 Å². The summed E-state index contributed by atoms with van der Waals surface area (Å²) in [5.74, 6) is 0. The lowest BCUT2D eigenvalue weighted by Gasteiger charge is -2.10. The van der Waals surface area contributed by atoms with E-state index in [9.17, 15) is 13.2 Å². The highest BCUT2D eigenvalue weighted by molar-refractivity contribution is 7.13. The van der Waals surface area contributed by atoms with Crippen molar-refractivity contribution in [1.29, 1.82) is 0 Å². The number of allylic oxidation sites excluding steroid dienone is 2. The van der Waals surface area contributed by atoms with Crippen LogP contribution in [0.4, 0.5) is 13.2 Å². The Bertz CT molecular complexity index is 892. The van der Waals surface area contributed by atoms with Gasteiger partial charge in [0.1, 0.15) is 4.88 Å². The Labute approximate surface area is 142 Å². The third-order valence-corrected chi connectivity index (χ3v) is 5.00. The largest absolute Gasteiger partial charge is 0.425 e. The molecule has 3 heterocycles. The van der Waals surface area contributed by atoms with E-state index in [0.717, 1.165) is 56.9 Å². The zero-order chi connectivity index (χ0) is 17.6. The van der Waals surface area contributed by atoms with Gasteiger partial charge in [0.25, 0.3) is 0 Å². The van der Waals surface area contributed by atoms with Crippen molar-refractivity contribution >= 4 is 22.6 Å². The lowest BCUT2D eigenvalue weighted by Crippen LogP contribution is -2.00. The number of H-pyrrole nitrogens is 1. The first-order valence-electron chi connectivity index (χ1n) is 7.49. The second kappa shape index (κ2) is 5.77. The molecule has 0 unspecified atom stereocenters. The summed E-state index contributed by atoms with van der Waals surface area (Å²) in [6.45, 7) is 7.69. The van der Waals surface area contributed by atoms with Crippen LogP contribution in [0.1, 0.15) is 40.6 Å². The van der Waals surface area contributed by atoms with E-state index in [-0.39, 0.29) is 0 Å². The summed E-state index contributed by atoms with van der Waals surface area (Å²) < 4.78 is 39.0. The molecule has 0 atom stereocenters. The lowest BCUT2D eigenvalue weighted by atomic mass is 10.0. The maximum Gasteiger partial charge on any atom is 0.425 e. The highest BCUT2D eigenvalue weighted by Gasteiger charge is 2.33. The lowest BCUT2D eigenvalue weighted by molar-refractivity contribution is -0.134. The molecule has 2 nitrogen and oxygen atoms in total. The summed E-state index contributed by atoms with van der Waals surface area (Å²) in [6, 6.07) is 4.65. The molecule has 0 saturated heterocycles. The van der Waals surface area contributed by atoms with E-state index in [0.29, 0.717) is 4.88 Å². The van der Waals surface area contributed by atoms with Gasteiger partial charge in [-0.05, 0) is 63.1 Å². The van der Waals surface area contributed by atoms with Crippen molar-refractivity contribution in [3.63, 3.8) is 0 Å². The molecule has 6 heteroatoms. The van der Waals surface area contributed by atoms with Gasteiger partial charge in [-0.3, -0.25) is 4.99 Å². The van der Waals surface area contributed by atoms with Gasteiger partial charge in [-0.15, -0.1) is 11.3 Å². The number of halogens is 3. The van der Waals surface area contributed by atoms with Crippen molar-refractivity contribution in [2.45, 2.75) is 33.9 Å². The van der Waals surface area contributed by atoms with Gasteiger partial charge >= 0.3 is 6.18 Å². The minimum absolute atomic E-state index is 0.563. The van der Waals surface area contributed by atoms with Crippen LogP contribution in [0.15, 0.2) is 40.5 Å². The van der Waals surface area contributed by atoms with Crippen LogP contribution in [0.2, 0.25) is 0 Å². The van der Waals surface area contributed by atoms with Crippen molar-refractivity contribution in [3.05, 3.63) is 62.3 Å². The van der Waals surface area contributed by atoms with Crippen LogP contribution in [0.3, 0.4) is 0 Å². The number of aromatic nitrogens is 1. The number of nitrogens with zero attached hydrogens (tertiary/aromatic N) is 1. The summed E-state index contributed by atoms with van der Waals surface area (Å²) in [5, 5.41) is 0. The van der Waals surface area contributed by atoms with E-state index in [2.05, 4.69) is 9.98 Å². The normalized spacial score (nSPS) is 17.1. The van der Waals surface area contributed by atoms with Gasteiger partial charge in [0.2, 0.25) is 0 Å². The standard InChI is InChI=1S/C18H17F3N2S/c1-9-7-11(3)22-16(9)15(17-10(2)8-12(4)23-17)13-5-6-14(24-13)18(19,20)21/h5-8,22H,1-4H3. The zero-order valence-electron chi connectivity index (χ0n) is 13.8. The molecule has 0 spiro atoms. The fourth-order valence-electron chi connectivity index (χ4n) is 2.90. The quantitative estimate of drug-likeness (QED) is 0.699. The average Bonchev–Trinajstić information content (AvgIpc) is 3.12. The molecule has 24 heavy (non-hydrogen) atoms. The minimum atomic E-state index is -4.33. The fraction of sp³-hybridized carbons (Fsp3) is 0.278. The molecule has 2 aromatic heterocycles. The highest BCUT2D eigenvalue weighted by Crippen LogP contribution is 2.41. The molecular formula is C18H17F3N2S. The van der Waals surface area contributed by atoms with Crippen LogP contribution in [-0.4, -0.2) is 10.7 Å². The van der Waals surface area contributed by atoms with Gasteiger partial charge in [-0.2, -0.15) is 13.2 Å². The first-order chi connectivity index (χ1) is 11.2. The molecule has 0 saturated carbocycles. The SMILES string of the molecule is CC1=CC(C)=NC1=C(c1ccc(C(F)(F)F)s1)c1[nH]c(C)cc1C. The van der Waals surface area contributed by atoms with Gasteiger partial charge in [0.15, 0.2) is 0 Å². The molecule has 126 valence electrons. The Morgan fingerprint density at radius 3 is 2.29 bits per heavy atom. The summed E-state index contributed by atoms with van der Waals surface area (Å²) in [6.07, 6.45) is -2.39. The van der Waals surface area contributed by atoms with E-state index in [1.807, 2.05) is 39.8 Å². The van der Waals surface area contributed by atoms with E-state index in [4.69, 9.17) is 0 Å². The van der Waals surface area contributed by atoms with Crippen molar-refractivity contribution in [1.82, 2.24) is 4.98 Å². The molecule has 0 aliphatic carbocycles. The van der Waals surface area contributed by atoms with Crippen LogP contribution in [-0.2, 0) is 6.18 Å². The first kappa shape index (κ1) is 16.8. The second-order valence-electron chi connectivity index (χ2n) is 5.98. The maximum absolute atomic E-state index is 13.0. The molecule has 1 aliphatic rings. The summed E-state index contributed by atoms with van der Waals surface area (Å²) >= 11 is 0.751. The fourth-order valence-corrected chi connectivity index (χ4v) is 3.83. The zero-order valence-corrected chi connectivity index (χ0v) is 14.6. The number of thiophene rings is 1. The number of nitrogens with one attached hydrogen (secondary N) is 1. The topological polar surface area (TPSA) is 28.1 Å². The van der Waals surface area contributed by atoms with Crippen molar-refractivity contribution in [2.24, 2.45) is 4.99 Å². The molecule has 3 rings (SSSR count). The molecule has 1 N–H and O–H groups in total. The smallest absolute Gasteiger partial charge is 0.358 e. The Hall–Kier alpha value is -2.08. The third-order valence-electron chi connectivity index (χ3n) is 3.86. The van der Waals surface area contributed by atoms with Crippen LogP contribution < -0.4 is 0 Å². The van der Waals surface area contributed by atoms with Crippen LogP contribution in [0.5, 0.6) is 0 Å². The summed E-state index contributed by atoms with van der Waals surface area (Å²) in [5.41, 5.74) is 6.05. The third kappa shape index (κ3) is 2.98. The molecule has 0 fully saturated rings. The van der Waals surface area contributed by atoms with E-state index < -0.39 is 11.1 Å². The number of hydrogen-bond donors (Lipinski definition) is 1. The van der Waals surface area contributed by atoms with Gasteiger partial charge < -0.3 is 4.98 Å². The Morgan fingerprint density at radius 1 is 1.12 bits per heavy atom. The Kier molecular flexibility index (Phi) is 4.03. The van der Waals surface area contributed by atoms with E-state index in [1.165, 1.54) is 6.07 Å². The van der Waals surface area contributed by atoms with Crippen LogP contribution in [0, 0.1) is 13.8 Å². The summed E-state index contributed by atoms with van der Waals surface area (Å²) in [4.78, 5) is 7.79. The van der Waals surface area contributed by atoms with E-state index in [1.54, 1.807) is 0 Å². The van der Waals surface area contributed by atoms with Gasteiger partial charge in [0.05, 0.1) is 11.4 Å². The molecule has 0 amide bonds. The molecule has 1 aliphatic heterocycles. The van der Waals surface area contributed by atoms with Crippen LogP contribution >= 0.6 is 11.3 Å². The molecule has 0 aromatic carbocycles.